The summed E-state index contributed by atoms with van der Waals surface area (Å²) in [5, 5.41) is 3.42. The molecule has 4 amide bonds. The van der Waals surface area contributed by atoms with Gasteiger partial charge in [-0.1, -0.05) is 40.9 Å². The lowest BCUT2D eigenvalue weighted by molar-refractivity contribution is -0.122. The molecule has 3 aromatic carbocycles. The highest BCUT2D eigenvalue weighted by Gasteiger charge is 2.37. The lowest BCUT2D eigenvalue weighted by Gasteiger charge is -2.26. The van der Waals surface area contributed by atoms with Crippen molar-refractivity contribution in [3.05, 3.63) is 86.4 Å². The summed E-state index contributed by atoms with van der Waals surface area (Å²) >= 11 is 18.5. The number of hydrogen-bond acceptors (Lipinski definition) is 6. The van der Waals surface area contributed by atoms with Gasteiger partial charge in [0, 0.05) is 15.6 Å². The first-order valence-electron chi connectivity index (χ1n) is 11.7. The van der Waals surface area contributed by atoms with Gasteiger partial charge in [-0.25, -0.2) is 9.69 Å². The van der Waals surface area contributed by atoms with Crippen LogP contribution in [0, 0.1) is 0 Å². The number of barbiturate groups is 1. The first kappa shape index (κ1) is 28.3. The van der Waals surface area contributed by atoms with E-state index >= 15 is 0 Å². The van der Waals surface area contributed by atoms with E-state index in [-0.39, 0.29) is 29.0 Å². The number of amides is 4. The van der Waals surface area contributed by atoms with Crippen molar-refractivity contribution in [2.24, 2.45) is 0 Å². The maximum atomic E-state index is 13.3. The minimum atomic E-state index is -0.875. The SMILES string of the molecule is COc1cc(/C=C2\C(=O)NC(=O)N(c3ccc(OCc4ccc(Cl)cc4Cl)cc3)C2=O)cc(Cl)c1OC(C)C. The highest BCUT2D eigenvalue weighted by molar-refractivity contribution is 6.39. The summed E-state index contributed by atoms with van der Waals surface area (Å²) in [7, 11) is 1.45. The molecule has 202 valence electrons. The fraction of sp³-hybridized carbons (Fsp3) is 0.179. The van der Waals surface area contributed by atoms with Gasteiger partial charge in [-0.2, -0.15) is 0 Å². The van der Waals surface area contributed by atoms with Gasteiger partial charge in [0.1, 0.15) is 17.9 Å². The molecule has 1 fully saturated rings. The van der Waals surface area contributed by atoms with Crippen molar-refractivity contribution in [2.75, 3.05) is 12.0 Å². The molecule has 1 aliphatic rings. The first-order valence-corrected chi connectivity index (χ1v) is 12.8. The standard InChI is InChI=1S/C28H23Cl3N2O6/c1-15(2)39-25-23(31)11-16(12-24(25)37-3)10-21-26(34)32-28(36)33(27(21)35)19-6-8-20(9-7-19)38-14-17-4-5-18(29)13-22(17)30/h4-13,15H,14H2,1-3H3,(H,32,34,36)/b21-10+. The number of anilines is 1. The molecule has 39 heavy (non-hydrogen) atoms. The maximum Gasteiger partial charge on any atom is 0.335 e. The van der Waals surface area contributed by atoms with E-state index in [0.29, 0.717) is 32.9 Å². The number of hydrogen-bond donors (Lipinski definition) is 1. The van der Waals surface area contributed by atoms with Crippen molar-refractivity contribution < 1.29 is 28.6 Å². The van der Waals surface area contributed by atoms with Crippen molar-refractivity contribution in [3.63, 3.8) is 0 Å². The molecule has 0 aromatic heterocycles. The summed E-state index contributed by atoms with van der Waals surface area (Å²) in [6.45, 7) is 3.87. The quantitative estimate of drug-likeness (QED) is 0.232. The molecular formula is C28H23Cl3N2O6. The Morgan fingerprint density at radius 2 is 1.67 bits per heavy atom. The fourth-order valence-corrected chi connectivity index (χ4v) is 4.45. The first-order chi connectivity index (χ1) is 18.6. The van der Waals surface area contributed by atoms with Crippen LogP contribution in [0.25, 0.3) is 6.08 Å². The Kier molecular flexibility index (Phi) is 8.70. The van der Waals surface area contributed by atoms with Crippen LogP contribution in [-0.2, 0) is 16.2 Å². The summed E-state index contributed by atoms with van der Waals surface area (Å²) in [6.07, 6.45) is 1.18. The Morgan fingerprint density at radius 1 is 0.949 bits per heavy atom. The van der Waals surface area contributed by atoms with Gasteiger partial charge in [-0.15, -0.1) is 0 Å². The number of nitrogens with zero attached hydrogens (tertiary/aromatic N) is 1. The van der Waals surface area contributed by atoms with Gasteiger partial charge < -0.3 is 14.2 Å². The molecule has 1 heterocycles. The zero-order valence-electron chi connectivity index (χ0n) is 21.1. The zero-order chi connectivity index (χ0) is 28.3. The molecular weight excluding hydrogens is 567 g/mol. The Bertz CT molecular complexity index is 1470. The topological polar surface area (TPSA) is 94.2 Å². The number of carbonyl (C=O) groups is 3. The van der Waals surface area contributed by atoms with E-state index in [1.807, 2.05) is 13.8 Å². The molecule has 0 radical (unpaired) electrons. The number of nitrogens with one attached hydrogen (secondary N) is 1. The van der Waals surface area contributed by atoms with Crippen LogP contribution in [0.4, 0.5) is 10.5 Å². The Hall–Kier alpha value is -3.72. The molecule has 1 aliphatic heterocycles. The second kappa shape index (κ2) is 12.0. The molecule has 3 aromatic rings. The number of halogens is 3. The molecule has 11 heteroatoms. The lowest BCUT2D eigenvalue weighted by Crippen LogP contribution is -2.54. The molecule has 0 aliphatic carbocycles. The van der Waals surface area contributed by atoms with E-state index in [1.165, 1.54) is 31.4 Å². The zero-order valence-corrected chi connectivity index (χ0v) is 23.4. The van der Waals surface area contributed by atoms with E-state index in [1.54, 1.807) is 36.4 Å². The van der Waals surface area contributed by atoms with Crippen molar-refractivity contribution in [3.8, 4) is 17.2 Å². The van der Waals surface area contributed by atoms with Gasteiger partial charge in [0.15, 0.2) is 11.5 Å². The predicted octanol–water partition coefficient (Wildman–Crippen LogP) is 6.69. The molecule has 0 atom stereocenters. The Morgan fingerprint density at radius 3 is 2.31 bits per heavy atom. The van der Waals surface area contributed by atoms with Gasteiger partial charge in [-0.3, -0.25) is 14.9 Å². The van der Waals surface area contributed by atoms with E-state index in [0.717, 1.165) is 10.5 Å². The normalized spacial score (nSPS) is 14.6. The summed E-state index contributed by atoms with van der Waals surface area (Å²) in [5.74, 6) is -0.489. The summed E-state index contributed by atoms with van der Waals surface area (Å²) < 4.78 is 16.8. The molecule has 0 saturated carbocycles. The Balaban J connectivity index is 1.56. The van der Waals surface area contributed by atoms with Crippen LogP contribution in [0.5, 0.6) is 17.2 Å². The third-order valence-electron chi connectivity index (χ3n) is 5.52. The smallest absolute Gasteiger partial charge is 0.335 e. The van der Waals surface area contributed by atoms with E-state index in [2.05, 4.69) is 5.32 Å². The van der Waals surface area contributed by atoms with Gasteiger partial charge in [0.2, 0.25) is 0 Å². The summed E-state index contributed by atoms with van der Waals surface area (Å²) in [5.41, 5.74) is 1.13. The minimum Gasteiger partial charge on any atom is -0.493 e. The summed E-state index contributed by atoms with van der Waals surface area (Å²) in [6, 6.07) is 13.6. The highest BCUT2D eigenvalue weighted by atomic mass is 35.5. The van der Waals surface area contributed by atoms with Crippen LogP contribution < -0.4 is 24.4 Å². The second-order valence-corrected chi connectivity index (χ2v) is 9.93. The van der Waals surface area contributed by atoms with E-state index in [9.17, 15) is 14.4 Å². The molecule has 0 unspecified atom stereocenters. The van der Waals surface area contributed by atoms with Crippen LogP contribution in [0.15, 0.2) is 60.2 Å². The largest absolute Gasteiger partial charge is 0.493 e. The second-order valence-electron chi connectivity index (χ2n) is 8.68. The molecule has 0 bridgehead atoms. The number of imide groups is 2. The van der Waals surface area contributed by atoms with Crippen molar-refractivity contribution >= 4 is 64.4 Å². The monoisotopic (exact) mass is 588 g/mol. The third-order valence-corrected chi connectivity index (χ3v) is 6.39. The fourth-order valence-electron chi connectivity index (χ4n) is 3.72. The number of ether oxygens (including phenoxy) is 3. The highest BCUT2D eigenvalue weighted by Crippen LogP contribution is 2.38. The van der Waals surface area contributed by atoms with E-state index in [4.69, 9.17) is 49.0 Å². The van der Waals surface area contributed by atoms with Crippen LogP contribution in [0.3, 0.4) is 0 Å². The average Bonchev–Trinajstić information content (AvgIpc) is 2.88. The summed E-state index contributed by atoms with van der Waals surface area (Å²) in [4.78, 5) is 39.4. The van der Waals surface area contributed by atoms with Gasteiger partial charge in [0.25, 0.3) is 11.8 Å². The van der Waals surface area contributed by atoms with Crippen LogP contribution >= 0.6 is 34.8 Å². The van der Waals surface area contributed by atoms with Gasteiger partial charge in [-0.05, 0) is 74.0 Å². The molecule has 1 saturated heterocycles. The third kappa shape index (κ3) is 6.47. The van der Waals surface area contributed by atoms with Crippen molar-refractivity contribution in [1.29, 1.82) is 0 Å². The Labute approximate surface area is 240 Å². The minimum absolute atomic E-state index is 0.155. The van der Waals surface area contributed by atoms with E-state index < -0.39 is 17.8 Å². The number of benzene rings is 3. The van der Waals surface area contributed by atoms with Crippen LogP contribution in [0.1, 0.15) is 25.0 Å². The number of rotatable bonds is 8. The average molecular weight is 590 g/mol. The molecule has 4 rings (SSSR count). The number of methoxy groups -OCH3 is 1. The number of urea groups is 1. The predicted molar refractivity (Wildman–Crippen MR) is 150 cm³/mol. The van der Waals surface area contributed by atoms with Gasteiger partial charge >= 0.3 is 6.03 Å². The molecule has 8 nitrogen and oxygen atoms in total. The van der Waals surface area contributed by atoms with Crippen LogP contribution in [0.2, 0.25) is 15.1 Å². The van der Waals surface area contributed by atoms with Crippen LogP contribution in [-0.4, -0.2) is 31.1 Å². The van der Waals surface area contributed by atoms with Gasteiger partial charge in [0.05, 0.1) is 23.9 Å². The molecule has 0 spiro atoms. The van der Waals surface area contributed by atoms with Crippen molar-refractivity contribution in [1.82, 2.24) is 5.32 Å². The lowest BCUT2D eigenvalue weighted by atomic mass is 10.1. The maximum absolute atomic E-state index is 13.3. The van der Waals surface area contributed by atoms with Crippen molar-refractivity contribution in [2.45, 2.75) is 26.6 Å². The molecule has 1 N–H and O–H groups in total. The number of carbonyl (C=O) groups excluding carboxylic acids is 3.